The third kappa shape index (κ3) is 3.64. The van der Waals surface area contributed by atoms with Gasteiger partial charge in [0, 0.05) is 5.41 Å². The Morgan fingerprint density at radius 1 is 1.43 bits per heavy atom. The maximum absolute atomic E-state index is 7.78. The van der Waals surface area contributed by atoms with E-state index in [0.29, 0.717) is 0 Å². The highest BCUT2D eigenvalue weighted by molar-refractivity contribution is 5.13. The maximum Gasteiger partial charge on any atom is 0.0717 e. The van der Waals surface area contributed by atoms with Crippen molar-refractivity contribution in [1.82, 2.24) is 0 Å². The minimum absolute atomic E-state index is 0.221. The first-order valence-corrected chi connectivity index (χ1v) is 4.55. The zero-order valence-corrected chi connectivity index (χ0v) is 8.58. The lowest BCUT2D eigenvalue weighted by Gasteiger charge is -2.17. The van der Waals surface area contributed by atoms with Crippen molar-refractivity contribution in [1.29, 1.82) is 0 Å². The van der Waals surface area contributed by atoms with Gasteiger partial charge in [-0.2, -0.15) is 0 Å². The first kappa shape index (κ1) is 8.08. The number of rotatable bonds is 4. The molecule has 0 saturated heterocycles. The van der Waals surface area contributed by atoms with Crippen molar-refractivity contribution in [2.45, 2.75) is 20.5 Å². The average Bonchev–Trinajstić information content (AvgIpc) is 2.27. The molecule has 1 aromatic rings. The zero-order chi connectivity index (χ0) is 12.2. The van der Waals surface area contributed by atoms with E-state index in [9.17, 15) is 0 Å². The van der Waals surface area contributed by atoms with Gasteiger partial charge in [-0.25, -0.2) is 0 Å². The molecule has 0 fully saturated rings. The van der Waals surface area contributed by atoms with E-state index < -0.39 is 12.0 Å². The summed E-state index contributed by atoms with van der Waals surface area (Å²) in [6, 6.07) is 9.46. The van der Waals surface area contributed by atoms with E-state index in [0.717, 1.165) is 5.56 Å². The molecule has 0 aliphatic carbocycles. The Kier molecular flexibility index (Phi) is 2.79. The van der Waals surface area contributed by atoms with Crippen molar-refractivity contribution >= 4 is 0 Å². The van der Waals surface area contributed by atoms with Crippen LogP contribution in [0.15, 0.2) is 30.3 Å². The van der Waals surface area contributed by atoms with Crippen LogP contribution in [0.4, 0.5) is 0 Å². The average molecular weight is 190 g/mol. The van der Waals surface area contributed by atoms with Crippen molar-refractivity contribution in [3.8, 4) is 12.3 Å². The molecule has 1 aromatic carbocycles. The van der Waals surface area contributed by atoms with E-state index in [1.54, 1.807) is 13.8 Å². The fraction of sp³-hybridized carbons (Fsp3) is 0.385. The smallest absolute Gasteiger partial charge is 0.0717 e. The fourth-order valence-corrected chi connectivity index (χ4v) is 0.904. The van der Waals surface area contributed by atoms with Crippen molar-refractivity contribution in [3.63, 3.8) is 0 Å². The Morgan fingerprint density at radius 2 is 2.07 bits per heavy atom. The van der Waals surface area contributed by atoms with Crippen LogP contribution in [0.3, 0.4) is 0 Å². The lowest BCUT2D eigenvalue weighted by Crippen LogP contribution is -2.16. The third-order valence-corrected chi connectivity index (χ3v) is 1.77. The van der Waals surface area contributed by atoms with Crippen LogP contribution in [0.1, 0.15) is 22.2 Å². The summed E-state index contributed by atoms with van der Waals surface area (Å²) in [5.74, 6) is 2.42. The fourth-order valence-electron chi connectivity index (χ4n) is 0.904. The summed E-state index contributed by atoms with van der Waals surface area (Å²) in [4.78, 5) is 0. The molecule has 0 radical (unpaired) electrons. The summed E-state index contributed by atoms with van der Waals surface area (Å²) in [5.41, 5.74) is -0.0129. The van der Waals surface area contributed by atoms with E-state index in [1.807, 2.05) is 30.3 Å². The molecule has 0 heterocycles. The van der Waals surface area contributed by atoms with Gasteiger partial charge in [0.05, 0.1) is 15.9 Å². The molecule has 1 heteroatoms. The largest absolute Gasteiger partial charge is 0.375 e. The summed E-state index contributed by atoms with van der Waals surface area (Å²) in [5, 5.41) is 0. The topological polar surface area (TPSA) is 9.23 Å². The summed E-state index contributed by atoms with van der Waals surface area (Å²) < 4.78 is 20.8. The minimum Gasteiger partial charge on any atom is -0.375 e. The molecule has 0 unspecified atom stereocenters. The minimum atomic E-state index is -1.84. The van der Waals surface area contributed by atoms with E-state index in [4.69, 9.17) is 13.9 Å². The summed E-state index contributed by atoms with van der Waals surface area (Å²) in [6.45, 7) is 1.69. The molecule has 0 aliphatic heterocycles. The molecule has 0 N–H and O–H groups in total. The van der Waals surface area contributed by atoms with Gasteiger partial charge in [-0.1, -0.05) is 36.3 Å². The second-order valence-corrected chi connectivity index (χ2v) is 3.65. The van der Waals surface area contributed by atoms with Gasteiger partial charge in [0.15, 0.2) is 0 Å². The van der Waals surface area contributed by atoms with E-state index in [-0.39, 0.29) is 6.61 Å². The van der Waals surface area contributed by atoms with Gasteiger partial charge in [0.25, 0.3) is 0 Å². The molecule has 1 nitrogen and oxygen atoms in total. The van der Waals surface area contributed by atoms with Crippen LogP contribution >= 0.6 is 0 Å². The van der Waals surface area contributed by atoms with Crippen LogP contribution < -0.4 is 0 Å². The number of hydrogen-bond donors (Lipinski definition) is 0. The SMILES string of the molecule is [2H]C([2H])(OCc1ccccc1)C(C)(C)C#C. The van der Waals surface area contributed by atoms with E-state index >= 15 is 0 Å². The monoisotopic (exact) mass is 190 g/mol. The van der Waals surface area contributed by atoms with Gasteiger partial charge < -0.3 is 4.74 Å². The van der Waals surface area contributed by atoms with Gasteiger partial charge in [-0.15, -0.1) is 6.42 Å². The van der Waals surface area contributed by atoms with Crippen LogP contribution in [0.25, 0.3) is 0 Å². The van der Waals surface area contributed by atoms with Gasteiger partial charge >= 0.3 is 0 Å². The molecule has 0 saturated carbocycles. The first-order valence-electron chi connectivity index (χ1n) is 5.55. The van der Waals surface area contributed by atoms with Crippen LogP contribution in [0.5, 0.6) is 0 Å². The molecule has 0 bridgehead atoms. The van der Waals surface area contributed by atoms with Gasteiger partial charge in [-0.3, -0.25) is 0 Å². The van der Waals surface area contributed by atoms with Gasteiger partial charge in [0.2, 0.25) is 0 Å². The van der Waals surface area contributed by atoms with Gasteiger partial charge in [0.1, 0.15) is 0 Å². The number of ether oxygens (including phenoxy) is 1. The molecule has 74 valence electrons. The Labute approximate surface area is 88.9 Å². The van der Waals surface area contributed by atoms with Crippen molar-refractivity contribution in [2.75, 3.05) is 6.56 Å². The Morgan fingerprint density at radius 3 is 2.64 bits per heavy atom. The maximum atomic E-state index is 7.78. The predicted molar refractivity (Wildman–Crippen MR) is 58.7 cm³/mol. The van der Waals surface area contributed by atoms with Crippen LogP contribution in [0.2, 0.25) is 0 Å². The van der Waals surface area contributed by atoms with E-state index in [2.05, 4.69) is 5.92 Å². The predicted octanol–water partition coefficient (Wildman–Crippen LogP) is 2.86. The molecule has 0 aliphatic rings. The summed E-state index contributed by atoms with van der Waals surface area (Å²) in [7, 11) is 0. The molecule has 0 spiro atoms. The standard InChI is InChI=1S/C13H16O/c1-4-13(2,3)11-14-10-12-8-6-5-7-9-12/h1,5-9H,10-11H2,2-3H3/i11D2. The van der Waals surface area contributed by atoms with Crippen molar-refractivity contribution in [3.05, 3.63) is 35.9 Å². The molecule has 0 aromatic heterocycles. The van der Waals surface area contributed by atoms with E-state index in [1.165, 1.54) is 0 Å². The second kappa shape index (κ2) is 4.83. The van der Waals surface area contributed by atoms with Gasteiger partial charge in [-0.05, 0) is 19.4 Å². The highest BCUT2D eigenvalue weighted by Gasteiger charge is 2.13. The molecule has 0 amide bonds. The highest BCUT2D eigenvalue weighted by atomic mass is 16.5. The Hall–Kier alpha value is -1.26. The highest BCUT2D eigenvalue weighted by Crippen LogP contribution is 2.14. The molecule has 0 atom stereocenters. The first-order chi connectivity index (χ1) is 7.39. The van der Waals surface area contributed by atoms with Crippen LogP contribution in [0, 0.1) is 17.8 Å². The molecular formula is C13H16O. The number of hydrogen-bond acceptors (Lipinski definition) is 1. The molecular weight excluding hydrogens is 172 g/mol. The quantitative estimate of drug-likeness (QED) is 0.663. The number of benzene rings is 1. The second-order valence-electron chi connectivity index (χ2n) is 3.65. The molecule has 14 heavy (non-hydrogen) atoms. The lowest BCUT2D eigenvalue weighted by atomic mass is 9.97. The summed E-state index contributed by atoms with van der Waals surface area (Å²) in [6.07, 6.45) is 5.29. The Balaban J connectivity index is 2.66. The third-order valence-electron chi connectivity index (χ3n) is 1.77. The molecule has 1 rings (SSSR count). The lowest BCUT2D eigenvalue weighted by molar-refractivity contribution is 0.0754. The zero-order valence-electron chi connectivity index (χ0n) is 10.6. The Bertz CT molecular complexity index is 377. The van der Waals surface area contributed by atoms with Crippen molar-refractivity contribution in [2.24, 2.45) is 5.41 Å². The summed E-state index contributed by atoms with van der Waals surface area (Å²) >= 11 is 0. The number of terminal acetylenes is 1. The normalized spacial score (nSPS) is 14.1. The van der Waals surface area contributed by atoms with Crippen molar-refractivity contribution < 1.29 is 7.48 Å². The van der Waals surface area contributed by atoms with Crippen LogP contribution in [-0.4, -0.2) is 6.56 Å². The van der Waals surface area contributed by atoms with Crippen LogP contribution in [-0.2, 0) is 11.3 Å².